The number of unbranched alkanes of at least 4 members (excludes halogenated alkanes) is 1. The van der Waals surface area contributed by atoms with Crippen LogP contribution in [0.15, 0.2) is 4.99 Å². The molecule has 13 nitrogen and oxygen atoms in total. The number of hydrogen-bond donors (Lipinski definition) is 7. The lowest BCUT2D eigenvalue weighted by molar-refractivity contribution is -0.149. The second-order valence-electron chi connectivity index (χ2n) is 9.15. The van der Waals surface area contributed by atoms with Crippen molar-refractivity contribution in [3.05, 3.63) is 0 Å². The second kappa shape index (κ2) is 15.1. The van der Waals surface area contributed by atoms with Crippen molar-refractivity contribution in [3.8, 4) is 0 Å². The zero-order valence-electron chi connectivity index (χ0n) is 20.7. The maximum absolute atomic E-state index is 13.2. The number of carbonyl (C=O) groups excluding carboxylic acids is 3. The predicted octanol–water partition coefficient (Wildman–Crippen LogP) is -1.80. The number of nitrogens with zero attached hydrogens (tertiary/aromatic N) is 2. The molecule has 0 aromatic heterocycles. The molecule has 0 aliphatic carbocycles. The molecular formula is C22H42N8O5. The van der Waals surface area contributed by atoms with E-state index in [4.69, 9.17) is 22.9 Å². The van der Waals surface area contributed by atoms with E-state index in [9.17, 15) is 24.3 Å². The van der Waals surface area contributed by atoms with Gasteiger partial charge >= 0.3 is 5.97 Å². The first-order valence-corrected chi connectivity index (χ1v) is 12.1. The number of carboxylic acids is 1. The van der Waals surface area contributed by atoms with Crippen LogP contribution in [0.3, 0.4) is 0 Å². The number of amides is 3. The molecule has 3 amide bonds. The lowest BCUT2D eigenvalue weighted by atomic mass is 10.0. The maximum atomic E-state index is 13.2. The number of nitrogens with two attached hydrogens (primary N) is 4. The summed E-state index contributed by atoms with van der Waals surface area (Å²) in [7, 11) is 0. The number of rotatable bonds is 15. The number of hydrogen-bond acceptors (Lipinski definition) is 7. The van der Waals surface area contributed by atoms with Crippen molar-refractivity contribution in [2.45, 2.75) is 83.0 Å². The van der Waals surface area contributed by atoms with Gasteiger partial charge in [-0.3, -0.25) is 19.4 Å². The summed E-state index contributed by atoms with van der Waals surface area (Å²) in [6, 6.07) is -3.65. The van der Waals surface area contributed by atoms with Crippen LogP contribution in [0.25, 0.3) is 0 Å². The van der Waals surface area contributed by atoms with E-state index >= 15 is 0 Å². The molecule has 0 saturated carbocycles. The summed E-state index contributed by atoms with van der Waals surface area (Å²) in [5, 5.41) is 14.9. The van der Waals surface area contributed by atoms with Crippen LogP contribution in [0.5, 0.6) is 0 Å². The number of guanidine groups is 1. The molecule has 1 aliphatic rings. The number of nitrogens with one attached hydrogen (secondary N) is 2. The molecule has 4 atom stereocenters. The summed E-state index contributed by atoms with van der Waals surface area (Å²) >= 11 is 0. The fourth-order valence-corrected chi connectivity index (χ4v) is 3.85. The van der Waals surface area contributed by atoms with Gasteiger partial charge in [0.1, 0.15) is 18.1 Å². The average molecular weight is 499 g/mol. The second-order valence-corrected chi connectivity index (χ2v) is 9.15. The molecule has 0 bridgehead atoms. The first kappa shape index (κ1) is 30.1. The van der Waals surface area contributed by atoms with Crippen molar-refractivity contribution in [2.24, 2.45) is 33.8 Å². The van der Waals surface area contributed by atoms with Gasteiger partial charge in [0, 0.05) is 13.1 Å². The summed E-state index contributed by atoms with van der Waals surface area (Å²) < 4.78 is 0. The minimum absolute atomic E-state index is 0.0824. The monoisotopic (exact) mass is 498 g/mol. The summed E-state index contributed by atoms with van der Waals surface area (Å²) in [5.41, 5.74) is 22.2. The SMILES string of the molecule is CC(C)C(N)C(=O)NC(CCCN=C(N)N)C(=O)NC(CCCCN)C(=O)N1CCCC1C(=O)O. The third-order valence-corrected chi connectivity index (χ3v) is 5.98. The summed E-state index contributed by atoms with van der Waals surface area (Å²) in [5.74, 6) is -2.80. The van der Waals surface area contributed by atoms with Crippen LogP contribution in [0.4, 0.5) is 0 Å². The van der Waals surface area contributed by atoms with E-state index in [1.165, 1.54) is 4.90 Å². The van der Waals surface area contributed by atoms with Gasteiger partial charge in [0.05, 0.1) is 6.04 Å². The molecule has 200 valence electrons. The Labute approximate surface area is 206 Å². The average Bonchev–Trinajstić information content (AvgIpc) is 3.29. The maximum Gasteiger partial charge on any atom is 0.326 e. The molecule has 4 unspecified atom stereocenters. The van der Waals surface area contributed by atoms with Gasteiger partial charge in [0.15, 0.2) is 5.96 Å². The third-order valence-electron chi connectivity index (χ3n) is 5.98. The van der Waals surface area contributed by atoms with Crippen molar-refractivity contribution in [1.29, 1.82) is 0 Å². The lowest BCUT2D eigenvalue weighted by Gasteiger charge is -2.29. The Hall–Kier alpha value is -2.93. The van der Waals surface area contributed by atoms with Gasteiger partial charge in [0.2, 0.25) is 17.7 Å². The van der Waals surface area contributed by atoms with Crippen LogP contribution in [-0.4, -0.2) is 83.5 Å². The number of aliphatic carboxylic acids is 1. The van der Waals surface area contributed by atoms with Gasteiger partial charge in [-0.05, 0) is 57.4 Å². The minimum Gasteiger partial charge on any atom is -0.480 e. The zero-order valence-corrected chi connectivity index (χ0v) is 20.7. The molecule has 1 saturated heterocycles. The normalized spacial score (nSPS) is 18.0. The molecule has 1 fully saturated rings. The lowest BCUT2D eigenvalue weighted by Crippen LogP contribution is -2.57. The Morgan fingerprint density at radius 2 is 1.66 bits per heavy atom. The smallest absolute Gasteiger partial charge is 0.326 e. The molecule has 1 rings (SSSR count). The van der Waals surface area contributed by atoms with Gasteiger partial charge in [-0.25, -0.2) is 4.79 Å². The third kappa shape index (κ3) is 10.1. The summed E-state index contributed by atoms with van der Waals surface area (Å²) in [4.78, 5) is 55.8. The van der Waals surface area contributed by atoms with E-state index in [2.05, 4.69) is 15.6 Å². The highest BCUT2D eigenvalue weighted by Gasteiger charge is 2.38. The predicted molar refractivity (Wildman–Crippen MR) is 132 cm³/mol. The van der Waals surface area contributed by atoms with Crippen molar-refractivity contribution in [3.63, 3.8) is 0 Å². The molecule has 1 heterocycles. The molecule has 0 aromatic rings. The molecule has 35 heavy (non-hydrogen) atoms. The standard InChI is InChI=1S/C22H42N8O5/c1-13(2)17(24)19(32)28-14(8-5-11-27-22(25)26)18(31)29-15(7-3-4-10-23)20(33)30-12-6-9-16(30)21(34)35/h13-17H,3-12,23-24H2,1-2H3,(H,28,32)(H,29,31)(H,34,35)(H4,25,26,27). The first-order chi connectivity index (χ1) is 16.5. The number of carbonyl (C=O) groups is 4. The molecule has 11 N–H and O–H groups in total. The highest BCUT2D eigenvalue weighted by Crippen LogP contribution is 2.20. The van der Waals surface area contributed by atoms with Crippen LogP contribution in [-0.2, 0) is 19.2 Å². The van der Waals surface area contributed by atoms with Crippen molar-refractivity contribution in [2.75, 3.05) is 19.6 Å². The minimum atomic E-state index is -1.07. The Bertz CT molecular complexity index is 756. The van der Waals surface area contributed by atoms with Crippen molar-refractivity contribution < 1.29 is 24.3 Å². The van der Waals surface area contributed by atoms with E-state index in [0.29, 0.717) is 51.6 Å². The van der Waals surface area contributed by atoms with Gasteiger partial charge in [-0.2, -0.15) is 0 Å². The van der Waals surface area contributed by atoms with E-state index in [0.717, 1.165) is 0 Å². The Balaban J connectivity index is 3.02. The number of carboxylic acid groups (broad SMARTS) is 1. The fourth-order valence-electron chi connectivity index (χ4n) is 3.85. The quantitative estimate of drug-likeness (QED) is 0.0765. The van der Waals surface area contributed by atoms with Gasteiger partial charge < -0.3 is 43.6 Å². The van der Waals surface area contributed by atoms with Crippen LogP contribution < -0.4 is 33.6 Å². The molecule has 0 spiro atoms. The van der Waals surface area contributed by atoms with Crippen LogP contribution >= 0.6 is 0 Å². The fraction of sp³-hybridized carbons (Fsp3) is 0.773. The van der Waals surface area contributed by atoms with Gasteiger partial charge in [0.25, 0.3) is 0 Å². The number of aliphatic imine (C=N–C) groups is 1. The van der Waals surface area contributed by atoms with E-state index in [-0.39, 0.29) is 24.8 Å². The van der Waals surface area contributed by atoms with E-state index in [1.807, 2.05) is 0 Å². The molecule has 0 radical (unpaired) electrons. The molecular weight excluding hydrogens is 456 g/mol. The molecule has 1 aliphatic heterocycles. The zero-order chi connectivity index (χ0) is 26.5. The largest absolute Gasteiger partial charge is 0.480 e. The summed E-state index contributed by atoms with van der Waals surface area (Å²) in [6.45, 7) is 4.57. The Kier molecular flexibility index (Phi) is 13.0. The first-order valence-electron chi connectivity index (χ1n) is 12.1. The van der Waals surface area contributed by atoms with Crippen molar-refractivity contribution in [1.82, 2.24) is 15.5 Å². The van der Waals surface area contributed by atoms with E-state index < -0.39 is 47.9 Å². The van der Waals surface area contributed by atoms with Crippen LogP contribution in [0.1, 0.15) is 58.8 Å². The summed E-state index contributed by atoms with van der Waals surface area (Å²) in [6.07, 6.45) is 3.05. The Morgan fingerprint density at radius 3 is 2.23 bits per heavy atom. The topological polar surface area (TPSA) is 232 Å². The molecule has 13 heteroatoms. The van der Waals surface area contributed by atoms with Crippen molar-refractivity contribution >= 4 is 29.7 Å². The van der Waals surface area contributed by atoms with Gasteiger partial charge in [-0.15, -0.1) is 0 Å². The Morgan fingerprint density at radius 1 is 1.03 bits per heavy atom. The number of likely N-dealkylation sites (tertiary alicyclic amines) is 1. The van der Waals surface area contributed by atoms with Crippen LogP contribution in [0, 0.1) is 5.92 Å². The highest BCUT2D eigenvalue weighted by atomic mass is 16.4. The van der Waals surface area contributed by atoms with Crippen LogP contribution in [0.2, 0.25) is 0 Å². The highest BCUT2D eigenvalue weighted by molar-refractivity contribution is 5.94. The van der Waals surface area contributed by atoms with Gasteiger partial charge in [-0.1, -0.05) is 13.8 Å². The van der Waals surface area contributed by atoms with E-state index in [1.54, 1.807) is 13.8 Å². The molecule has 0 aromatic carbocycles.